The number of carbonyl (C=O) groups excluding carboxylic acids is 1. The van der Waals surface area contributed by atoms with E-state index < -0.39 is 0 Å². The van der Waals surface area contributed by atoms with Crippen LogP contribution in [0.4, 0.5) is 16.7 Å². The van der Waals surface area contributed by atoms with Gasteiger partial charge in [0.05, 0.1) is 0 Å². The number of nitrogens with zero attached hydrogens (tertiary/aromatic N) is 6. The molecule has 1 aromatic heterocycles. The molecule has 0 unspecified atom stereocenters. The molecule has 1 aromatic rings. The third kappa shape index (κ3) is 2.85. The van der Waals surface area contributed by atoms with Crippen LogP contribution < -0.4 is 10.6 Å². The van der Waals surface area contributed by atoms with Crippen molar-refractivity contribution >= 4 is 17.9 Å². The topological polar surface area (TPSA) is 91.5 Å². The maximum Gasteiger partial charge on any atom is 0.320 e. The molecule has 8 nitrogen and oxygen atoms in total. The smallest absolute Gasteiger partial charge is 0.320 e. The van der Waals surface area contributed by atoms with Gasteiger partial charge in [-0.2, -0.15) is 15.0 Å². The first-order valence-electron chi connectivity index (χ1n) is 8.97. The van der Waals surface area contributed by atoms with E-state index in [4.69, 9.17) is 5.73 Å². The Kier molecular flexibility index (Phi) is 3.90. The molecule has 2 saturated heterocycles. The van der Waals surface area contributed by atoms with Gasteiger partial charge in [0.15, 0.2) is 0 Å². The molecule has 2 amide bonds. The molecule has 1 saturated carbocycles. The van der Waals surface area contributed by atoms with Crippen molar-refractivity contribution in [1.29, 1.82) is 0 Å². The molecule has 2 N–H and O–H groups in total. The molecule has 0 radical (unpaired) electrons. The first-order valence-corrected chi connectivity index (χ1v) is 8.97. The van der Waals surface area contributed by atoms with Gasteiger partial charge in [0.2, 0.25) is 11.9 Å². The number of anilines is 2. The van der Waals surface area contributed by atoms with Gasteiger partial charge in [-0.1, -0.05) is 0 Å². The van der Waals surface area contributed by atoms with Crippen molar-refractivity contribution in [2.45, 2.75) is 44.6 Å². The molecular weight excluding hydrogens is 306 g/mol. The van der Waals surface area contributed by atoms with Crippen molar-refractivity contribution in [2.75, 3.05) is 43.4 Å². The third-order valence-electron chi connectivity index (χ3n) is 5.30. The lowest BCUT2D eigenvalue weighted by atomic mass is 10.0. The molecule has 8 heteroatoms. The maximum absolute atomic E-state index is 12.3. The number of nitrogens with two attached hydrogens (primary N) is 1. The van der Waals surface area contributed by atoms with E-state index in [2.05, 4.69) is 19.9 Å². The number of rotatable bonds is 4. The molecule has 3 aliphatic rings. The quantitative estimate of drug-likeness (QED) is 0.887. The number of hydrogen-bond acceptors (Lipinski definition) is 6. The number of amides is 2. The molecule has 0 atom stereocenters. The largest absolute Gasteiger partial charge is 0.368 e. The number of urea groups is 1. The Morgan fingerprint density at radius 1 is 1.04 bits per heavy atom. The van der Waals surface area contributed by atoms with Crippen molar-refractivity contribution in [3.8, 4) is 0 Å². The van der Waals surface area contributed by atoms with Crippen molar-refractivity contribution in [2.24, 2.45) is 0 Å². The summed E-state index contributed by atoms with van der Waals surface area (Å²) in [6.07, 6.45) is 4.20. The maximum atomic E-state index is 12.3. The first kappa shape index (κ1) is 15.4. The molecule has 0 bridgehead atoms. The minimum absolute atomic E-state index is 0.191. The van der Waals surface area contributed by atoms with Gasteiger partial charge in [-0.3, -0.25) is 0 Å². The average molecular weight is 331 g/mol. The first-order chi connectivity index (χ1) is 11.7. The summed E-state index contributed by atoms with van der Waals surface area (Å²) in [5.41, 5.74) is 5.86. The van der Waals surface area contributed by atoms with Crippen LogP contribution in [-0.2, 0) is 0 Å². The Morgan fingerprint density at radius 2 is 1.79 bits per heavy atom. The van der Waals surface area contributed by atoms with Crippen LogP contribution in [0, 0.1) is 0 Å². The highest BCUT2D eigenvalue weighted by molar-refractivity contribution is 5.76. The number of carbonyl (C=O) groups is 1. The molecule has 130 valence electrons. The van der Waals surface area contributed by atoms with E-state index in [9.17, 15) is 4.79 Å². The number of likely N-dealkylation sites (N-methyl/N-ethyl adjacent to an activating group) is 1. The fourth-order valence-electron chi connectivity index (χ4n) is 3.67. The van der Waals surface area contributed by atoms with E-state index in [0.717, 1.165) is 64.2 Å². The van der Waals surface area contributed by atoms with Crippen LogP contribution in [0.1, 0.15) is 44.3 Å². The van der Waals surface area contributed by atoms with Crippen LogP contribution in [0.2, 0.25) is 0 Å². The van der Waals surface area contributed by atoms with Crippen LogP contribution in [0.15, 0.2) is 0 Å². The summed E-state index contributed by atoms with van der Waals surface area (Å²) < 4.78 is 0. The standard InChI is InChI=1S/C16H25N7O/c1-2-21-9-10-23(16(21)24)12-5-7-22(8-6-12)15-19-13(11-3-4-11)18-14(17)20-15/h11-12H,2-10H2,1H3,(H2,17,18,19,20). The van der Waals surface area contributed by atoms with E-state index in [1.54, 1.807) is 0 Å². The Bertz CT molecular complexity index is 625. The second-order valence-electron chi connectivity index (χ2n) is 6.90. The summed E-state index contributed by atoms with van der Waals surface area (Å²) in [7, 11) is 0. The van der Waals surface area contributed by atoms with E-state index in [0.29, 0.717) is 23.9 Å². The monoisotopic (exact) mass is 331 g/mol. The number of piperidine rings is 1. The predicted octanol–water partition coefficient (Wildman–Crippen LogP) is 1.06. The summed E-state index contributed by atoms with van der Waals surface area (Å²) >= 11 is 0. The van der Waals surface area contributed by atoms with Gasteiger partial charge in [0.25, 0.3) is 0 Å². The van der Waals surface area contributed by atoms with Gasteiger partial charge < -0.3 is 20.4 Å². The highest BCUT2D eigenvalue weighted by atomic mass is 16.2. The molecule has 0 aromatic carbocycles. The molecule has 4 rings (SSSR count). The number of nitrogen functional groups attached to an aromatic ring is 1. The zero-order valence-electron chi connectivity index (χ0n) is 14.2. The Morgan fingerprint density at radius 3 is 2.42 bits per heavy atom. The average Bonchev–Trinajstić information content (AvgIpc) is 3.38. The highest BCUT2D eigenvalue weighted by Crippen LogP contribution is 2.38. The van der Waals surface area contributed by atoms with E-state index in [-0.39, 0.29) is 6.03 Å². The SMILES string of the molecule is CCN1CCN(C2CCN(c3nc(N)nc(C4CC4)n3)CC2)C1=O. The summed E-state index contributed by atoms with van der Waals surface area (Å²) in [6, 6.07) is 0.517. The summed E-state index contributed by atoms with van der Waals surface area (Å²) in [4.78, 5) is 31.7. The fourth-order valence-corrected chi connectivity index (χ4v) is 3.67. The van der Waals surface area contributed by atoms with Crippen molar-refractivity contribution < 1.29 is 4.79 Å². The molecule has 0 spiro atoms. The van der Waals surface area contributed by atoms with Gasteiger partial charge in [0, 0.05) is 44.7 Å². The highest BCUT2D eigenvalue weighted by Gasteiger charge is 2.35. The summed E-state index contributed by atoms with van der Waals surface area (Å²) in [5.74, 6) is 2.32. The van der Waals surface area contributed by atoms with Gasteiger partial charge in [-0.15, -0.1) is 0 Å². The van der Waals surface area contributed by atoms with Gasteiger partial charge >= 0.3 is 6.03 Å². The Labute approximate surface area is 142 Å². The number of hydrogen-bond donors (Lipinski definition) is 1. The van der Waals surface area contributed by atoms with Crippen molar-refractivity contribution in [1.82, 2.24) is 24.8 Å². The lowest BCUT2D eigenvalue weighted by Crippen LogP contribution is -2.47. The lowest BCUT2D eigenvalue weighted by molar-refractivity contribution is 0.169. The van der Waals surface area contributed by atoms with Crippen LogP contribution in [0.3, 0.4) is 0 Å². The van der Waals surface area contributed by atoms with Crippen LogP contribution in [-0.4, -0.2) is 69.5 Å². The minimum atomic E-state index is 0.191. The predicted molar refractivity (Wildman–Crippen MR) is 90.8 cm³/mol. The molecule has 3 heterocycles. The third-order valence-corrected chi connectivity index (χ3v) is 5.30. The fraction of sp³-hybridized carbons (Fsp3) is 0.750. The number of aromatic nitrogens is 3. The van der Waals surface area contributed by atoms with Crippen molar-refractivity contribution in [3.05, 3.63) is 5.82 Å². The summed E-state index contributed by atoms with van der Waals surface area (Å²) in [6.45, 7) is 6.24. The normalized spacial score (nSPS) is 22.5. The van der Waals surface area contributed by atoms with E-state index in [1.807, 2.05) is 16.7 Å². The molecule has 2 aliphatic heterocycles. The zero-order valence-corrected chi connectivity index (χ0v) is 14.2. The molecule has 24 heavy (non-hydrogen) atoms. The van der Waals surface area contributed by atoms with Crippen LogP contribution in [0.25, 0.3) is 0 Å². The van der Waals surface area contributed by atoms with Crippen molar-refractivity contribution in [3.63, 3.8) is 0 Å². The van der Waals surface area contributed by atoms with E-state index >= 15 is 0 Å². The molecule has 1 aliphatic carbocycles. The van der Waals surface area contributed by atoms with Crippen LogP contribution >= 0.6 is 0 Å². The Hall–Kier alpha value is -2.12. The van der Waals surface area contributed by atoms with Gasteiger partial charge in [0.1, 0.15) is 5.82 Å². The zero-order chi connectivity index (χ0) is 16.7. The van der Waals surface area contributed by atoms with Gasteiger partial charge in [-0.25, -0.2) is 4.79 Å². The minimum Gasteiger partial charge on any atom is -0.368 e. The summed E-state index contributed by atoms with van der Waals surface area (Å²) in [5, 5.41) is 0. The second kappa shape index (κ2) is 6.07. The molecule has 3 fully saturated rings. The van der Waals surface area contributed by atoms with E-state index in [1.165, 1.54) is 0 Å². The van der Waals surface area contributed by atoms with Gasteiger partial charge in [-0.05, 0) is 32.6 Å². The second-order valence-corrected chi connectivity index (χ2v) is 6.90. The van der Waals surface area contributed by atoms with Crippen LogP contribution in [0.5, 0.6) is 0 Å². The lowest BCUT2D eigenvalue weighted by Gasteiger charge is -2.36. The molecular formula is C16H25N7O. The Balaban J connectivity index is 1.40.